The van der Waals surface area contributed by atoms with E-state index in [1.807, 2.05) is 0 Å². The number of fused-ring (bicyclic) bond motifs is 1. The summed E-state index contributed by atoms with van der Waals surface area (Å²) in [5.41, 5.74) is 0.466. The summed E-state index contributed by atoms with van der Waals surface area (Å²) in [6, 6.07) is 6.77. The van der Waals surface area contributed by atoms with Crippen molar-refractivity contribution >= 4 is 11.8 Å². The van der Waals surface area contributed by atoms with Crippen molar-refractivity contribution in [1.82, 2.24) is 0 Å². The summed E-state index contributed by atoms with van der Waals surface area (Å²) in [6.07, 6.45) is -0.965. The second kappa shape index (κ2) is 7.75. The zero-order valence-electron chi connectivity index (χ0n) is 16.0. The van der Waals surface area contributed by atoms with Crippen molar-refractivity contribution in [1.29, 1.82) is 0 Å². The van der Waals surface area contributed by atoms with Crippen molar-refractivity contribution in [2.24, 2.45) is 0 Å². The minimum atomic E-state index is -1.41. The molecule has 3 rings (SSSR count). The Bertz CT molecular complexity index is 991. The van der Waals surface area contributed by atoms with Crippen LogP contribution in [-0.2, 0) is 9.53 Å². The molecule has 0 amide bonds. The maximum atomic E-state index is 13.2. The molecule has 0 saturated carbocycles. The molecule has 1 aliphatic rings. The fourth-order valence-electron chi connectivity index (χ4n) is 2.98. The highest BCUT2D eigenvalue weighted by molar-refractivity contribution is 6.08. The van der Waals surface area contributed by atoms with Crippen LogP contribution in [0.2, 0.25) is 0 Å². The highest BCUT2D eigenvalue weighted by Crippen LogP contribution is 2.50. The van der Waals surface area contributed by atoms with Crippen LogP contribution >= 0.6 is 0 Å². The number of hydrogen-bond donors (Lipinski definition) is 3. The smallest absolute Gasteiger partial charge is 0.334 e. The minimum Gasteiger partial charge on any atom is -0.508 e. The first kappa shape index (κ1) is 20.1. The number of ether oxygens (including phenoxy) is 3. The number of carbonyl (C=O) groups excluding carboxylic acids is 2. The first-order chi connectivity index (χ1) is 13.8. The van der Waals surface area contributed by atoms with Crippen LogP contribution in [0.1, 0.15) is 35.9 Å². The zero-order valence-corrected chi connectivity index (χ0v) is 16.0. The average molecular weight is 400 g/mol. The summed E-state index contributed by atoms with van der Waals surface area (Å²) in [7, 11) is 1.28. The van der Waals surface area contributed by atoms with Crippen LogP contribution in [-0.4, -0.2) is 40.3 Å². The Morgan fingerprint density at radius 1 is 1.14 bits per heavy atom. The van der Waals surface area contributed by atoms with Gasteiger partial charge >= 0.3 is 5.97 Å². The van der Waals surface area contributed by atoms with E-state index in [1.54, 1.807) is 19.9 Å². The van der Waals surface area contributed by atoms with E-state index in [0.29, 0.717) is 11.1 Å². The zero-order chi connectivity index (χ0) is 21.3. The van der Waals surface area contributed by atoms with Gasteiger partial charge in [0.1, 0.15) is 17.1 Å². The summed E-state index contributed by atoms with van der Waals surface area (Å²) < 4.78 is 16.4. The monoisotopic (exact) mass is 400 g/mol. The fourth-order valence-corrected chi connectivity index (χ4v) is 2.98. The Labute approximate surface area is 166 Å². The van der Waals surface area contributed by atoms with Gasteiger partial charge in [-0.15, -0.1) is 0 Å². The second-order valence-corrected chi connectivity index (χ2v) is 6.44. The van der Waals surface area contributed by atoms with Gasteiger partial charge in [-0.3, -0.25) is 4.79 Å². The number of aromatic hydroxyl groups is 3. The largest absolute Gasteiger partial charge is 0.508 e. The Balaban J connectivity index is 2.16. The summed E-state index contributed by atoms with van der Waals surface area (Å²) in [5.74, 6) is -2.67. The summed E-state index contributed by atoms with van der Waals surface area (Å²) in [4.78, 5) is 25.5. The molecule has 0 spiro atoms. The number of rotatable bonds is 4. The van der Waals surface area contributed by atoms with Gasteiger partial charge in [0.05, 0.1) is 7.11 Å². The molecule has 152 valence electrons. The van der Waals surface area contributed by atoms with Crippen molar-refractivity contribution in [3.05, 3.63) is 53.1 Å². The van der Waals surface area contributed by atoms with E-state index in [1.165, 1.54) is 31.4 Å². The van der Waals surface area contributed by atoms with Gasteiger partial charge < -0.3 is 29.5 Å². The predicted octanol–water partition coefficient (Wildman–Crippen LogP) is 3.01. The second-order valence-electron chi connectivity index (χ2n) is 6.44. The SMILES string of the molecule is C/C=C(/C)C(=O)O[C@H]1C(=O)c2c(O)cc(O)c(OC)c2O[C@H]1c1ccc(O)cc1. The summed E-state index contributed by atoms with van der Waals surface area (Å²) >= 11 is 0. The van der Waals surface area contributed by atoms with Crippen LogP contribution in [0.15, 0.2) is 42.0 Å². The van der Waals surface area contributed by atoms with Crippen LogP contribution in [0.25, 0.3) is 0 Å². The molecular formula is C21H20O8. The van der Waals surface area contributed by atoms with Gasteiger partial charge in [-0.25, -0.2) is 4.79 Å². The number of phenolic OH excluding ortho intramolecular Hbond substituents is 3. The number of phenols is 3. The van der Waals surface area contributed by atoms with Gasteiger partial charge in [-0.2, -0.15) is 0 Å². The lowest BCUT2D eigenvalue weighted by atomic mass is 9.92. The van der Waals surface area contributed by atoms with Gasteiger partial charge in [0.15, 0.2) is 17.6 Å². The van der Waals surface area contributed by atoms with Crippen molar-refractivity contribution in [2.45, 2.75) is 26.1 Å². The third-order valence-electron chi connectivity index (χ3n) is 4.63. The lowest BCUT2D eigenvalue weighted by Crippen LogP contribution is -2.40. The van der Waals surface area contributed by atoms with E-state index in [4.69, 9.17) is 14.2 Å². The lowest BCUT2D eigenvalue weighted by Gasteiger charge is -2.33. The average Bonchev–Trinajstić information content (AvgIpc) is 2.69. The highest BCUT2D eigenvalue weighted by atomic mass is 16.6. The number of benzene rings is 2. The van der Waals surface area contributed by atoms with Crippen molar-refractivity contribution in [3.8, 4) is 28.7 Å². The number of carbonyl (C=O) groups is 2. The van der Waals surface area contributed by atoms with E-state index in [-0.39, 0.29) is 22.8 Å². The predicted molar refractivity (Wildman–Crippen MR) is 101 cm³/mol. The Morgan fingerprint density at radius 3 is 2.38 bits per heavy atom. The standard InChI is InChI=1S/C21H20O8/c1-4-10(2)21(26)29-20-16(25)15-13(23)9-14(24)18(27-3)19(15)28-17(20)11-5-7-12(22)8-6-11/h4-9,17,20,22-24H,1-3H3/b10-4-/t17-,20-/m0/s1. The van der Waals surface area contributed by atoms with Gasteiger partial charge in [0.2, 0.25) is 17.6 Å². The van der Waals surface area contributed by atoms with E-state index in [2.05, 4.69) is 0 Å². The van der Waals surface area contributed by atoms with Crippen molar-refractivity contribution in [2.75, 3.05) is 7.11 Å². The third kappa shape index (κ3) is 3.56. The van der Waals surface area contributed by atoms with Crippen LogP contribution in [0, 0.1) is 0 Å². The van der Waals surface area contributed by atoms with Gasteiger partial charge in [-0.05, 0) is 31.5 Å². The molecule has 2 atom stereocenters. The number of esters is 1. The molecule has 0 aliphatic carbocycles. The first-order valence-electron chi connectivity index (χ1n) is 8.75. The van der Waals surface area contributed by atoms with Crippen LogP contribution < -0.4 is 9.47 Å². The molecule has 0 unspecified atom stereocenters. The quantitative estimate of drug-likeness (QED) is 0.529. The molecule has 1 heterocycles. The van der Waals surface area contributed by atoms with Crippen molar-refractivity contribution in [3.63, 3.8) is 0 Å². The van der Waals surface area contributed by atoms with Gasteiger partial charge in [0.25, 0.3) is 0 Å². The van der Waals surface area contributed by atoms with Crippen molar-refractivity contribution < 1.29 is 39.1 Å². The molecule has 8 nitrogen and oxygen atoms in total. The van der Waals surface area contributed by atoms with Gasteiger partial charge in [-0.1, -0.05) is 18.2 Å². The Kier molecular flexibility index (Phi) is 5.36. The van der Waals surface area contributed by atoms with Crippen LogP contribution in [0.4, 0.5) is 0 Å². The molecule has 1 aliphatic heterocycles. The number of allylic oxidation sites excluding steroid dienone is 1. The highest BCUT2D eigenvalue weighted by Gasteiger charge is 2.44. The fraction of sp³-hybridized carbons (Fsp3) is 0.238. The maximum absolute atomic E-state index is 13.2. The molecule has 2 aromatic rings. The molecule has 0 radical (unpaired) electrons. The van der Waals surface area contributed by atoms with Gasteiger partial charge in [0, 0.05) is 11.6 Å². The van der Waals surface area contributed by atoms with E-state index in [9.17, 15) is 24.9 Å². The van der Waals surface area contributed by atoms with E-state index in [0.717, 1.165) is 6.07 Å². The molecule has 29 heavy (non-hydrogen) atoms. The first-order valence-corrected chi connectivity index (χ1v) is 8.75. The molecular weight excluding hydrogens is 380 g/mol. The summed E-state index contributed by atoms with van der Waals surface area (Å²) in [6.45, 7) is 3.19. The normalized spacial score (nSPS) is 18.6. The van der Waals surface area contributed by atoms with E-state index < -0.39 is 35.5 Å². The van der Waals surface area contributed by atoms with Crippen LogP contribution in [0.3, 0.4) is 0 Å². The number of hydrogen-bond acceptors (Lipinski definition) is 8. The molecule has 8 heteroatoms. The lowest BCUT2D eigenvalue weighted by molar-refractivity contribution is -0.146. The summed E-state index contributed by atoms with van der Waals surface area (Å²) in [5, 5.41) is 29.8. The Hall–Kier alpha value is -3.68. The molecule has 3 N–H and O–H groups in total. The number of Topliss-reactive ketones (excluding diaryl/α,β-unsaturated/α-hetero) is 1. The molecule has 0 aromatic heterocycles. The number of methoxy groups -OCH3 is 1. The Morgan fingerprint density at radius 2 is 1.79 bits per heavy atom. The number of ketones is 1. The maximum Gasteiger partial charge on any atom is 0.334 e. The molecule has 0 bridgehead atoms. The third-order valence-corrected chi connectivity index (χ3v) is 4.63. The molecule has 0 fully saturated rings. The van der Waals surface area contributed by atoms with Crippen LogP contribution in [0.5, 0.6) is 28.7 Å². The molecule has 2 aromatic carbocycles. The van der Waals surface area contributed by atoms with E-state index >= 15 is 0 Å². The molecule has 0 saturated heterocycles. The minimum absolute atomic E-state index is 0.00228. The topological polar surface area (TPSA) is 123 Å².